The molecule has 0 N–H and O–H groups in total. The largest absolute Gasteiger partial charge is 0.339 e. The number of carbonyl (C=O) groups is 1. The molecule has 2 aliphatic heterocycles. The Morgan fingerprint density at radius 2 is 1.38 bits per heavy atom. The topological polar surface area (TPSA) is 64.2 Å². The molecule has 0 unspecified atom stereocenters. The number of benzene rings is 2. The van der Waals surface area contributed by atoms with E-state index in [0.29, 0.717) is 31.1 Å². The number of carbonyl (C=O) groups excluding carboxylic acids is 1. The van der Waals surface area contributed by atoms with E-state index in [9.17, 15) is 13.2 Å². The molecule has 0 aliphatic carbocycles. The van der Waals surface area contributed by atoms with E-state index in [0.717, 1.165) is 32.7 Å². The van der Waals surface area contributed by atoms with Crippen LogP contribution in [0.25, 0.3) is 0 Å². The molecule has 32 heavy (non-hydrogen) atoms. The molecule has 4 rings (SSSR count). The van der Waals surface area contributed by atoms with Gasteiger partial charge in [-0.1, -0.05) is 48.5 Å². The van der Waals surface area contributed by atoms with Crippen LogP contribution in [0.5, 0.6) is 0 Å². The Morgan fingerprint density at radius 1 is 0.812 bits per heavy atom. The Balaban J connectivity index is 1.26. The van der Waals surface area contributed by atoms with Gasteiger partial charge in [-0.05, 0) is 24.6 Å². The highest BCUT2D eigenvalue weighted by Gasteiger charge is 2.33. The third-order valence-electron chi connectivity index (χ3n) is 6.49. The minimum absolute atomic E-state index is 0.0956. The molecule has 2 fully saturated rings. The number of rotatable bonds is 6. The van der Waals surface area contributed by atoms with Crippen molar-refractivity contribution in [3.8, 4) is 0 Å². The van der Waals surface area contributed by atoms with E-state index < -0.39 is 10.0 Å². The van der Waals surface area contributed by atoms with Crippen LogP contribution in [0.3, 0.4) is 0 Å². The standard InChI is InChI=1S/C24H32N4O3S/c1-21(26-14-12-25(13-15-26)20-22-8-4-2-5-9-22)24(29)27-16-18-28(19-17-27)32(30,31)23-10-6-3-7-11-23/h2-11,21H,12-20H2,1H3/t21-/m1/s1. The van der Waals surface area contributed by atoms with Gasteiger partial charge >= 0.3 is 0 Å². The molecular weight excluding hydrogens is 424 g/mol. The Morgan fingerprint density at radius 3 is 1.97 bits per heavy atom. The van der Waals surface area contributed by atoms with Crippen molar-refractivity contribution in [2.45, 2.75) is 24.4 Å². The maximum absolute atomic E-state index is 13.1. The van der Waals surface area contributed by atoms with E-state index in [1.807, 2.05) is 17.9 Å². The second-order valence-corrected chi connectivity index (χ2v) is 10.5. The van der Waals surface area contributed by atoms with Crippen molar-refractivity contribution < 1.29 is 13.2 Å². The normalized spacial score (nSPS) is 20.2. The third-order valence-corrected chi connectivity index (χ3v) is 8.41. The molecule has 7 nitrogen and oxygen atoms in total. The van der Waals surface area contributed by atoms with Crippen molar-refractivity contribution in [2.24, 2.45) is 0 Å². The molecule has 2 heterocycles. The Hall–Kier alpha value is -2.26. The molecule has 2 aromatic rings. The van der Waals surface area contributed by atoms with Gasteiger partial charge in [-0.15, -0.1) is 0 Å². The summed E-state index contributed by atoms with van der Waals surface area (Å²) in [4.78, 5) is 19.9. The Bertz CT molecular complexity index is 984. The summed E-state index contributed by atoms with van der Waals surface area (Å²) >= 11 is 0. The fourth-order valence-corrected chi connectivity index (χ4v) is 5.90. The quantitative estimate of drug-likeness (QED) is 0.663. The first-order chi connectivity index (χ1) is 15.4. The average molecular weight is 457 g/mol. The molecule has 0 bridgehead atoms. The molecular formula is C24H32N4O3S. The summed E-state index contributed by atoms with van der Waals surface area (Å²) in [7, 11) is -3.50. The van der Waals surface area contributed by atoms with Crippen LogP contribution in [-0.2, 0) is 21.4 Å². The predicted octanol–water partition coefficient (Wildman–Crippen LogP) is 1.73. The molecule has 1 atom stereocenters. The molecule has 2 saturated heterocycles. The summed E-state index contributed by atoms with van der Waals surface area (Å²) in [5.41, 5.74) is 1.31. The van der Waals surface area contributed by atoms with Gasteiger partial charge in [0.2, 0.25) is 15.9 Å². The van der Waals surface area contributed by atoms with Gasteiger partial charge in [0.1, 0.15) is 0 Å². The number of piperazine rings is 2. The average Bonchev–Trinajstić information content (AvgIpc) is 2.85. The van der Waals surface area contributed by atoms with Crippen molar-refractivity contribution >= 4 is 15.9 Å². The molecule has 172 valence electrons. The lowest BCUT2D eigenvalue weighted by Crippen LogP contribution is -2.57. The van der Waals surface area contributed by atoms with Gasteiger partial charge in [0, 0.05) is 58.9 Å². The molecule has 1 amide bonds. The SMILES string of the molecule is C[C@H](C(=O)N1CCN(S(=O)(=O)c2ccccc2)CC1)N1CCN(Cc2ccccc2)CC1. The third kappa shape index (κ3) is 5.20. The highest BCUT2D eigenvalue weighted by Crippen LogP contribution is 2.18. The maximum Gasteiger partial charge on any atom is 0.243 e. The van der Waals surface area contributed by atoms with Crippen LogP contribution in [0.4, 0.5) is 0 Å². The molecule has 2 aromatic carbocycles. The predicted molar refractivity (Wildman–Crippen MR) is 125 cm³/mol. The van der Waals surface area contributed by atoms with Gasteiger partial charge in [-0.25, -0.2) is 8.42 Å². The second-order valence-electron chi connectivity index (χ2n) is 8.52. The van der Waals surface area contributed by atoms with Crippen molar-refractivity contribution in [3.05, 3.63) is 66.2 Å². The zero-order valence-corrected chi connectivity index (χ0v) is 19.5. The zero-order chi connectivity index (χ0) is 22.6. The van der Waals surface area contributed by atoms with Gasteiger partial charge < -0.3 is 4.90 Å². The van der Waals surface area contributed by atoms with E-state index >= 15 is 0 Å². The van der Waals surface area contributed by atoms with Crippen LogP contribution < -0.4 is 0 Å². The first-order valence-electron chi connectivity index (χ1n) is 11.3. The Kier molecular flexibility index (Phi) is 7.25. The van der Waals surface area contributed by atoms with Crippen molar-refractivity contribution in [3.63, 3.8) is 0 Å². The zero-order valence-electron chi connectivity index (χ0n) is 18.6. The number of hydrogen-bond acceptors (Lipinski definition) is 5. The smallest absolute Gasteiger partial charge is 0.243 e. The van der Waals surface area contributed by atoms with E-state index in [2.05, 4.69) is 34.1 Å². The monoisotopic (exact) mass is 456 g/mol. The molecule has 8 heteroatoms. The van der Waals surface area contributed by atoms with Gasteiger partial charge in [0.25, 0.3) is 0 Å². The van der Waals surface area contributed by atoms with Crippen LogP contribution in [0.15, 0.2) is 65.6 Å². The summed E-state index contributed by atoms with van der Waals surface area (Å²) in [5.74, 6) is 0.0956. The summed E-state index contributed by atoms with van der Waals surface area (Å²) in [5, 5.41) is 0. The number of hydrogen-bond donors (Lipinski definition) is 0. The first kappa shape index (κ1) is 22.9. The molecule has 0 aromatic heterocycles. The van der Waals surface area contributed by atoms with E-state index in [1.165, 1.54) is 9.87 Å². The minimum Gasteiger partial charge on any atom is -0.339 e. The van der Waals surface area contributed by atoms with Crippen LogP contribution in [-0.4, -0.2) is 91.7 Å². The molecule has 2 aliphatic rings. The summed E-state index contributed by atoms with van der Waals surface area (Å²) in [6.07, 6.45) is 0. The van der Waals surface area contributed by atoms with Gasteiger partial charge in [0.05, 0.1) is 10.9 Å². The van der Waals surface area contributed by atoms with Crippen LogP contribution in [0.2, 0.25) is 0 Å². The lowest BCUT2D eigenvalue weighted by molar-refractivity contribution is -0.138. The first-order valence-corrected chi connectivity index (χ1v) is 12.7. The lowest BCUT2D eigenvalue weighted by atomic mass is 10.1. The van der Waals surface area contributed by atoms with E-state index in [1.54, 1.807) is 30.3 Å². The summed E-state index contributed by atoms with van der Waals surface area (Å²) < 4.78 is 27.1. The summed E-state index contributed by atoms with van der Waals surface area (Å²) in [6, 6.07) is 18.8. The molecule has 0 radical (unpaired) electrons. The second kappa shape index (κ2) is 10.1. The highest BCUT2D eigenvalue weighted by atomic mass is 32.2. The lowest BCUT2D eigenvalue weighted by Gasteiger charge is -2.40. The molecule has 0 saturated carbocycles. The minimum atomic E-state index is -3.50. The van der Waals surface area contributed by atoms with Crippen molar-refractivity contribution in [1.82, 2.24) is 19.0 Å². The van der Waals surface area contributed by atoms with E-state index in [4.69, 9.17) is 0 Å². The number of amides is 1. The molecule has 0 spiro atoms. The Labute approximate surface area is 191 Å². The maximum atomic E-state index is 13.1. The highest BCUT2D eigenvalue weighted by molar-refractivity contribution is 7.89. The summed E-state index contributed by atoms with van der Waals surface area (Å²) in [6.45, 7) is 8.06. The number of sulfonamides is 1. The number of nitrogens with zero attached hydrogens (tertiary/aromatic N) is 4. The van der Waals surface area contributed by atoms with Gasteiger partial charge in [0.15, 0.2) is 0 Å². The van der Waals surface area contributed by atoms with Crippen LogP contribution in [0.1, 0.15) is 12.5 Å². The van der Waals surface area contributed by atoms with Crippen molar-refractivity contribution in [1.29, 1.82) is 0 Å². The van der Waals surface area contributed by atoms with Crippen LogP contribution in [0, 0.1) is 0 Å². The van der Waals surface area contributed by atoms with Gasteiger partial charge in [-0.2, -0.15) is 4.31 Å². The van der Waals surface area contributed by atoms with Crippen LogP contribution >= 0.6 is 0 Å². The van der Waals surface area contributed by atoms with E-state index in [-0.39, 0.29) is 11.9 Å². The van der Waals surface area contributed by atoms with Gasteiger partial charge in [-0.3, -0.25) is 14.6 Å². The van der Waals surface area contributed by atoms with Crippen molar-refractivity contribution in [2.75, 3.05) is 52.4 Å². The fourth-order valence-electron chi connectivity index (χ4n) is 4.46. The fraction of sp³-hybridized carbons (Fsp3) is 0.458.